The van der Waals surface area contributed by atoms with E-state index in [2.05, 4.69) is 21.2 Å². The number of rotatable bonds is 4. The Morgan fingerprint density at radius 1 is 1.10 bits per heavy atom. The number of hydrogen-bond donors (Lipinski definition) is 1. The molecule has 1 nitrogen and oxygen atoms in total. The average Bonchev–Trinajstić information content (AvgIpc) is 2.43. The van der Waals surface area contributed by atoms with E-state index in [4.69, 9.17) is 11.6 Å². The van der Waals surface area contributed by atoms with Gasteiger partial charge in [0.25, 0.3) is 0 Å². The third-order valence-electron chi connectivity index (χ3n) is 3.06. The molecule has 0 heterocycles. The van der Waals surface area contributed by atoms with Crippen molar-refractivity contribution >= 4 is 27.5 Å². The van der Waals surface area contributed by atoms with Crippen LogP contribution < -0.4 is 5.32 Å². The standard InChI is InChI=1S/C15H12BrClF3N/c1-2-21-15(12-9(17)4-3-5-10(12)18)13-11(19)7-6-8(16)14(13)20/h3-7,15,21H,2H2,1H3. The second kappa shape index (κ2) is 6.81. The van der Waals surface area contributed by atoms with E-state index in [1.165, 1.54) is 24.3 Å². The van der Waals surface area contributed by atoms with Crippen LogP contribution in [0.1, 0.15) is 24.1 Å². The zero-order chi connectivity index (χ0) is 15.6. The van der Waals surface area contributed by atoms with Gasteiger partial charge in [-0.25, -0.2) is 13.2 Å². The van der Waals surface area contributed by atoms with Crippen molar-refractivity contribution in [2.45, 2.75) is 13.0 Å². The van der Waals surface area contributed by atoms with Gasteiger partial charge in [-0.3, -0.25) is 0 Å². The van der Waals surface area contributed by atoms with Gasteiger partial charge in [-0.2, -0.15) is 0 Å². The van der Waals surface area contributed by atoms with Gasteiger partial charge in [0, 0.05) is 16.1 Å². The SMILES string of the molecule is CCNC(c1c(F)cccc1Cl)c1c(F)ccc(Br)c1F. The lowest BCUT2D eigenvalue weighted by Gasteiger charge is -2.22. The highest BCUT2D eigenvalue weighted by Gasteiger charge is 2.27. The number of benzene rings is 2. The second-order valence-electron chi connectivity index (χ2n) is 4.38. The van der Waals surface area contributed by atoms with Gasteiger partial charge in [0.1, 0.15) is 17.5 Å². The Labute approximate surface area is 134 Å². The van der Waals surface area contributed by atoms with Gasteiger partial charge < -0.3 is 5.32 Å². The van der Waals surface area contributed by atoms with Crippen LogP contribution >= 0.6 is 27.5 Å². The molecule has 0 aliphatic rings. The van der Waals surface area contributed by atoms with Gasteiger partial charge in [0.2, 0.25) is 0 Å². The maximum atomic E-state index is 14.3. The predicted octanol–water partition coefficient (Wildman–Crippen LogP) is 5.22. The highest BCUT2D eigenvalue weighted by atomic mass is 79.9. The molecule has 6 heteroatoms. The highest BCUT2D eigenvalue weighted by Crippen LogP contribution is 2.35. The van der Waals surface area contributed by atoms with Crippen molar-refractivity contribution in [2.24, 2.45) is 0 Å². The van der Waals surface area contributed by atoms with Crippen LogP contribution in [-0.4, -0.2) is 6.54 Å². The minimum absolute atomic E-state index is 0.0249. The molecule has 1 unspecified atom stereocenters. The summed E-state index contributed by atoms with van der Waals surface area (Å²) in [6.45, 7) is 2.15. The molecule has 0 aliphatic heterocycles. The Hall–Kier alpha value is -1.04. The summed E-state index contributed by atoms with van der Waals surface area (Å²) in [6.07, 6.45) is 0. The topological polar surface area (TPSA) is 12.0 Å². The smallest absolute Gasteiger partial charge is 0.145 e. The summed E-state index contributed by atoms with van der Waals surface area (Å²) >= 11 is 9.03. The van der Waals surface area contributed by atoms with E-state index in [-0.39, 0.29) is 20.6 Å². The maximum Gasteiger partial charge on any atom is 0.145 e. The van der Waals surface area contributed by atoms with Crippen LogP contribution in [0.3, 0.4) is 0 Å². The molecule has 0 saturated carbocycles. The number of nitrogens with one attached hydrogen (secondary N) is 1. The lowest BCUT2D eigenvalue weighted by atomic mass is 9.97. The average molecular weight is 379 g/mol. The number of halogens is 5. The van der Waals surface area contributed by atoms with Crippen LogP contribution in [0.2, 0.25) is 5.02 Å². The van der Waals surface area contributed by atoms with E-state index < -0.39 is 23.5 Å². The third kappa shape index (κ3) is 3.25. The van der Waals surface area contributed by atoms with E-state index in [1.807, 2.05) is 0 Å². The first kappa shape index (κ1) is 16.3. The Morgan fingerprint density at radius 3 is 2.38 bits per heavy atom. The van der Waals surface area contributed by atoms with Gasteiger partial charge >= 0.3 is 0 Å². The molecule has 0 fully saturated rings. The normalized spacial score (nSPS) is 12.5. The lowest BCUT2D eigenvalue weighted by Crippen LogP contribution is -2.25. The van der Waals surface area contributed by atoms with Crippen LogP contribution in [0.5, 0.6) is 0 Å². The van der Waals surface area contributed by atoms with E-state index in [9.17, 15) is 13.2 Å². The fourth-order valence-corrected chi connectivity index (χ4v) is 2.76. The first-order valence-electron chi connectivity index (χ1n) is 6.28. The van der Waals surface area contributed by atoms with Gasteiger partial charge in [0.15, 0.2) is 0 Å². The Morgan fingerprint density at radius 2 is 1.76 bits per heavy atom. The van der Waals surface area contributed by atoms with Crippen LogP contribution in [0, 0.1) is 17.5 Å². The molecule has 112 valence electrons. The van der Waals surface area contributed by atoms with E-state index in [0.717, 1.165) is 6.07 Å². The fourth-order valence-electron chi connectivity index (χ4n) is 2.15. The molecule has 1 atom stereocenters. The van der Waals surface area contributed by atoms with Gasteiger partial charge in [-0.1, -0.05) is 24.6 Å². The second-order valence-corrected chi connectivity index (χ2v) is 5.64. The molecule has 0 aromatic heterocycles. The first-order valence-corrected chi connectivity index (χ1v) is 7.45. The van der Waals surface area contributed by atoms with E-state index in [0.29, 0.717) is 6.54 Å². The molecule has 21 heavy (non-hydrogen) atoms. The first-order chi connectivity index (χ1) is 9.97. The molecule has 0 radical (unpaired) electrons. The Balaban J connectivity index is 2.68. The van der Waals surface area contributed by atoms with Crippen molar-refractivity contribution in [3.8, 4) is 0 Å². The van der Waals surface area contributed by atoms with E-state index in [1.54, 1.807) is 6.92 Å². The lowest BCUT2D eigenvalue weighted by molar-refractivity contribution is 0.493. The highest BCUT2D eigenvalue weighted by molar-refractivity contribution is 9.10. The zero-order valence-corrected chi connectivity index (χ0v) is 13.4. The molecule has 2 aromatic carbocycles. The summed E-state index contributed by atoms with van der Waals surface area (Å²) in [6, 6.07) is 5.51. The molecule has 1 N–H and O–H groups in total. The molecule has 0 spiro atoms. The third-order valence-corrected chi connectivity index (χ3v) is 4.01. The van der Waals surface area contributed by atoms with Crippen LogP contribution in [0.4, 0.5) is 13.2 Å². The van der Waals surface area contributed by atoms with Crippen LogP contribution in [0.25, 0.3) is 0 Å². The molecule has 0 amide bonds. The van der Waals surface area contributed by atoms with Gasteiger partial charge in [-0.15, -0.1) is 0 Å². The zero-order valence-electron chi connectivity index (χ0n) is 11.1. The quantitative estimate of drug-likeness (QED) is 0.719. The maximum absolute atomic E-state index is 14.3. The van der Waals surface area contributed by atoms with Gasteiger partial charge in [0.05, 0.1) is 10.5 Å². The minimum atomic E-state index is -1.01. The molecule has 2 rings (SSSR count). The molecular weight excluding hydrogens is 367 g/mol. The largest absolute Gasteiger partial charge is 0.306 e. The van der Waals surface area contributed by atoms with Crippen LogP contribution in [0.15, 0.2) is 34.8 Å². The van der Waals surface area contributed by atoms with Gasteiger partial charge in [-0.05, 0) is 46.7 Å². The summed E-state index contributed by atoms with van der Waals surface area (Å²) in [7, 11) is 0. The molecule has 0 aliphatic carbocycles. The van der Waals surface area contributed by atoms with Crippen molar-refractivity contribution in [1.29, 1.82) is 0 Å². The molecular formula is C15H12BrClF3N. The summed E-state index contributed by atoms with van der Waals surface area (Å²) < 4.78 is 42.6. The number of hydrogen-bond acceptors (Lipinski definition) is 1. The summed E-state index contributed by atoms with van der Waals surface area (Å²) in [4.78, 5) is 0. The summed E-state index contributed by atoms with van der Waals surface area (Å²) in [5, 5.41) is 2.99. The van der Waals surface area contributed by atoms with Crippen molar-refractivity contribution in [1.82, 2.24) is 5.32 Å². The predicted molar refractivity (Wildman–Crippen MR) is 81.0 cm³/mol. The Kier molecular flexibility index (Phi) is 5.30. The molecule has 2 aromatic rings. The van der Waals surface area contributed by atoms with Crippen molar-refractivity contribution in [3.05, 3.63) is 68.4 Å². The van der Waals surface area contributed by atoms with Crippen molar-refractivity contribution in [2.75, 3.05) is 6.54 Å². The Bertz CT molecular complexity index is 643. The van der Waals surface area contributed by atoms with Crippen molar-refractivity contribution in [3.63, 3.8) is 0 Å². The fraction of sp³-hybridized carbons (Fsp3) is 0.200. The summed E-state index contributed by atoms with van der Waals surface area (Å²) in [5.74, 6) is -2.16. The summed E-state index contributed by atoms with van der Waals surface area (Å²) in [5.41, 5.74) is -0.241. The monoisotopic (exact) mass is 377 g/mol. The molecule has 0 bridgehead atoms. The molecule has 0 saturated heterocycles. The van der Waals surface area contributed by atoms with E-state index >= 15 is 0 Å². The van der Waals surface area contributed by atoms with Crippen molar-refractivity contribution < 1.29 is 13.2 Å². The minimum Gasteiger partial charge on any atom is -0.306 e. The van der Waals surface area contributed by atoms with Crippen LogP contribution in [-0.2, 0) is 0 Å².